The molecule has 0 amide bonds. The molecule has 0 aliphatic heterocycles. The highest BCUT2D eigenvalue weighted by atomic mass is 14.2. The van der Waals surface area contributed by atoms with Crippen LogP contribution < -0.4 is 0 Å². The molecular formula is C25H42. The summed E-state index contributed by atoms with van der Waals surface area (Å²) in [5.74, 6) is 0. The number of hydrogen-bond donors (Lipinski definition) is 0. The Balaban J connectivity index is 0.00000178. The van der Waals surface area contributed by atoms with Crippen molar-refractivity contribution in [3.8, 4) is 0 Å². The van der Waals surface area contributed by atoms with Crippen molar-refractivity contribution in [3.05, 3.63) is 59.8 Å². The van der Waals surface area contributed by atoms with Gasteiger partial charge in [0.2, 0.25) is 0 Å². The maximum atomic E-state index is 4.40. The molecular weight excluding hydrogens is 300 g/mol. The van der Waals surface area contributed by atoms with E-state index in [2.05, 4.69) is 79.9 Å². The van der Waals surface area contributed by atoms with Crippen molar-refractivity contribution in [2.24, 2.45) is 10.8 Å². The zero-order chi connectivity index (χ0) is 19.7. The monoisotopic (exact) mass is 342 g/mol. The fourth-order valence-electron chi connectivity index (χ4n) is 3.11. The van der Waals surface area contributed by atoms with Crippen LogP contribution in [0.2, 0.25) is 0 Å². The lowest BCUT2D eigenvalue weighted by Crippen LogP contribution is -2.09. The molecule has 0 spiro atoms. The first-order chi connectivity index (χ1) is 11.4. The second-order valence-corrected chi connectivity index (χ2v) is 9.44. The van der Waals surface area contributed by atoms with Gasteiger partial charge < -0.3 is 0 Å². The highest BCUT2D eigenvalue weighted by Crippen LogP contribution is 2.35. The van der Waals surface area contributed by atoms with Gasteiger partial charge in [-0.3, -0.25) is 0 Å². The van der Waals surface area contributed by atoms with Gasteiger partial charge in [0.1, 0.15) is 0 Å². The van der Waals surface area contributed by atoms with Crippen molar-refractivity contribution in [1.29, 1.82) is 0 Å². The van der Waals surface area contributed by atoms with Gasteiger partial charge in [0.15, 0.2) is 0 Å². The predicted octanol–water partition coefficient (Wildman–Crippen LogP) is 8.59. The Bertz CT molecular complexity index is 521. The van der Waals surface area contributed by atoms with Crippen LogP contribution in [0.1, 0.15) is 87.5 Å². The zero-order valence-corrected chi connectivity index (χ0v) is 18.3. The lowest BCUT2D eigenvalue weighted by molar-refractivity contribution is 0.411. The molecule has 0 N–H and O–H groups in total. The maximum Gasteiger partial charge on any atom is -0.0197 e. The molecule has 0 heterocycles. The summed E-state index contributed by atoms with van der Waals surface area (Å²) in [6, 6.07) is 0. The van der Waals surface area contributed by atoms with Crippen LogP contribution in [-0.4, -0.2) is 0 Å². The third kappa shape index (κ3) is 11.0. The van der Waals surface area contributed by atoms with Gasteiger partial charge in [0.05, 0.1) is 0 Å². The van der Waals surface area contributed by atoms with Crippen LogP contribution in [0.3, 0.4) is 0 Å². The highest BCUT2D eigenvalue weighted by molar-refractivity contribution is 5.44. The first kappa shape index (κ1) is 23.7. The molecule has 1 aliphatic rings. The van der Waals surface area contributed by atoms with E-state index in [1.54, 1.807) is 17.2 Å². The molecule has 0 saturated heterocycles. The number of rotatable bonds is 2. The summed E-state index contributed by atoms with van der Waals surface area (Å²) < 4.78 is 0. The van der Waals surface area contributed by atoms with Gasteiger partial charge in [-0.25, -0.2) is 0 Å². The maximum absolute atomic E-state index is 4.40. The van der Waals surface area contributed by atoms with Crippen molar-refractivity contribution < 1.29 is 0 Å². The number of hydrogen-bond acceptors (Lipinski definition) is 0. The fraction of sp³-hybridized carbons (Fsp3) is 0.600. The van der Waals surface area contributed by atoms with E-state index in [0.717, 1.165) is 32.1 Å². The van der Waals surface area contributed by atoms with Crippen molar-refractivity contribution in [3.63, 3.8) is 0 Å². The van der Waals surface area contributed by atoms with Crippen LogP contribution in [0, 0.1) is 10.8 Å². The Morgan fingerprint density at radius 2 is 1.52 bits per heavy atom. The molecule has 0 heteroatoms. The highest BCUT2D eigenvalue weighted by Gasteiger charge is 2.18. The molecule has 25 heavy (non-hydrogen) atoms. The van der Waals surface area contributed by atoms with Crippen molar-refractivity contribution in [2.45, 2.75) is 87.5 Å². The quantitative estimate of drug-likeness (QED) is 0.441. The Kier molecular flexibility index (Phi) is 10.1. The Morgan fingerprint density at radius 1 is 1.04 bits per heavy atom. The molecule has 0 atom stereocenters. The van der Waals surface area contributed by atoms with Crippen LogP contribution in [0.5, 0.6) is 0 Å². The third-order valence-corrected chi connectivity index (χ3v) is 4.03. The number of allylic oxidation sites excluding steroid dienone is 8. The Hall–Kier alpha value is -1.30. The normalized spacial score (nSPS) is 20.7. The predicted molar refractivity (Wildman–Crippen MR) is 117 cm³/mol. The van der Waals surface area contributed by atoms with Crippen LogP contribution in [0.4, 0.5) is 0 Å². The molecule has 0 fully saturated rings. The first-order valence-electron chi connectivity index (χ1n) is 9.73. The van der Waals surface area contributed by atoms with Gasteiger partial charge in [0.25, 0.3) is 0 Å². The molecule has 1 rings (SSSR count). The van der Waals surface area contributed by atoms with Crippen molar-refractivity contribution >= 4 is 0 Å². The minimum Gasteiger partial charge on any atom is -0.103 e. The summed E-state index contributed by atoms with van der Waals surface area (Å²) >= 11 is 0. The second-order valence-electron chi connectivity index (χ2n) is 9.44. The van der Waals surface area contributed by atoms with E-state index in [0.29, 0.717) is 5.41 Å². The summed E-state index contributed by atoms with van der Waals surface area (Å²) in [6.07, 6.45) is 14.6. The lowest BCUT2D eigenvalue weighted by Gasteiger charge is -2.25. The van der Waals surface area contributed by atoms with Gasteiger partial charge in [-0.2, -0.15) is 0 Å². The van der Waals surface area contributed by atoms with Gasteiger partial charge in [-0.1, -0.05) is 78.0 Å². The summed E-state index contributed by atoms with van der Waals surface area (Å²) in [6.45, 7) is 25.7. The zero-order valence-electron chi connectivity index (χ0n) is 18.3. The average molecular weight is 343 g/mol. The van der Waals surface area contributed by atoms with Gasteiger partial charge in [-0.05, 0) is 73.5 Å². The standard InChI is InChI=1S/C22H36.C3H6/c1-17(15-21(3,4)5)18(2)20-14-12-10-9-11-13-19(20)16-22(6,7)8;1-3-2/h9-10,16H,1,11-15H2,2-8H3;3H,1H2,2H3/b10-9-,19-16+,20-18+;. The van der Waals surface area contributed by atoms with Crippen molar-refractivity contribution in [2.75, 3.05) is 0 Å². The van der Waals surface area contributed by atoms with E-state index in [4.69, 9.17) is 0 Å². The lowest BCUT2D eigenvalue weighted by atomic mass is 9.80. The van der Waals surface area contributed by atoms with E-state index < -0.39 is 0 Å². The molecule has 0 radical (unpaired) electrons. The van der Waals surface area contributed by atoms with E-state index in [1.165, 1.54) is 11.1 Å². The fourth-order valence-corrected chi connectivity index (χ4v) is 3.11. The smallest absolute Gasteiger partial charge is 0.0197 e. The van der Waals surface area contributed by atoms with Crippen LogP contribution in [0.15, 0.2) is 59.8 Å². The molecule has 0 unspecified atom stereocenters. The average Bonchev–Trinajstić information content (AvgIpc) is 2.39. The molecule has 142 valence electrons. The first-order valence-corrected chi connectivity index (χ1v) is 9.73. The summed E-state index contributed by atoms with van der Waals surface area (Å²) in [7, 11) is 0. The topological polar surface area (TPSA) is 0 Å². The van der Waals surface area contributed by atoms with Crippen LogP contribution >= 0.6 is 0 Å². The second kappa shape index (κ2) is 10.6. The Labute approximate surface area is 158 Å². The molecule has 0 saturated carbocycles. The van der Waals surface area contributed by atoms with Crippen molar-refractivity contribution in [1.82, 2.24) is 0 Å². The third-order valence-electron chi connectivity index (χ3n) is 4.03. The van der Waals surface area contributed by atoms with Gasteiger partial charge >= 0.3 is 0 Å². The molecule has 0 aromatic heterocycles. The largest absolute Gasteiger partial charge is 0.103 e. The van der Waals surface area contributed by atoms with E-state index in [1.807, 2.05) is 6.92 Å². The van der Waals surface area contributed by atoms with E-state index >= 15 is 0 Å². The molecule has 0 bridgehead atoms. The molecule has 0 aromatic carbocycles. The SMILES string of the molecule is C=C(CC(C)(C)C)/C(C)=C1\CC/C=C\CC\C1=C/C(C)(C)C.C=CC. The minimum atomic E-state index is 0.231. The van der Waals surface area contributed by atoms with Crippen LogP contribution in [0.25, 0.3) is 0 Å². The van der Waals surface area contributed by atoms with Gasteiger partial charge in [0, 0.05) is 0 Å². The Morgan fingerprint density at radius 3 is 1.96 bits per heavy atom. The summed E-state index contributed by atoms with van der Waals surface area (Å²) in [5, 5.41) is 0. The van der Waals surface area contributed by atoms with Crippen LogP contribution in [-0.2, 0) is 0 Å². The van der Waals surface area contributed by atoms with E-state index in [9.17, 15) is 0 Å². The summed E-state index contributed by atoms with van der Waals surface area (Å²) in [4.78, 5) is 0. The van der Waals surface area contributed by atoms with Gasteiger partial charge in [-0.15, -0.1) is 6.58 Å². The minimum absolute atomic E-state index is 0.231. The van der Waals surface area contributed by atoms with E-state index in [-0.39, 0.29) is 5.41 Å². The molecule has 0 aromatic rings. The molecule has 1 aliphatic carbocycles. The molecule has 0 nitrogen and oxygen atoms in total. The summed E-state index contributed by atoms with van der Waals surface area (Å²) in [5.41, 5.74) is 6.37.